The van der Waals surface area contributed by atoms with E-state index in [1.807, 2.05) is 6.92 Å². The van der Waals surface area contributed by atoms with Gasteiger partial charge in [-0.25, -0.2) is 9.97 Å². The van der Waals surface area contributed by atoms with Crippen LogP contribution in [0.1, 0.15) is 47.3 Å². The molecule has 1 atom stereocenters. The standard InChI is InChI=1S/C21H18Cl2N4O2/c1-4-5-12-8-14(22)18(23)19-17(12)16-11(2)27(7-6-15(16)26-19)21(28)20-24-9-13(29-3)10-25-20/h8-11,26H,6-7H2,1-3H3/t11-/m0/s1. The van der Waals surface area contributed by atoms with Gasteiger partial charge in [0.2, 0.25) is 5.82 Å². The van der Waals surface area contributed by atoms with Gasteiger partial charge in [-0.05, 0) is 19.9 Å². The summed E-state index contributed by atoms with van der Waals surface area (Å²) in [5.74, 6) is 6.44. The topological polar surface area (TPSA) is 71.1 Å². The molecule has 0 saturated heterocycles. The average molecular weight is 429 g/mol. The molecule has 29 heavy (non-hydrogen) atoms. The number of H-pyrrole nitrogens is 1. The summed E-state index contributed by atoms with van der Waals surface area (Å²) in [5, 5.41) is 1.81. The maximum absolute atomic E-state index is 13.1. The van der Waals surface area contributed by atoms with E-state index in [9.17, 15) is 4.79 Å². The number of benzene rings is 1. The van der Waals surface area contributed by atoms with Crippen molar-refractivity contribution in [3.63, 3.8) is 0 Å². The summed E-state index contributed by atoms with van der Waals surface area (Å²) in [5.41, 5.74) is 3.58. The number of rotatable bonds is 2. The summed E-state index contributed by atoms with van der Waals surface area (Å²) in [6.07, 6.45) is 3.63. The third-order valence-corrected chi connectivity index (χ3v) is 5.94. The SMILES string of the molecule is CC#Cc1cc(Cl)c(Cl)c2[nH]c3c(c12)[C@H](C)N(C(=O)c1ncc(OC)cn1)CC3. The van der Waals surface area contributed by atoms with Crippen LogP contribution in [0.4, 0.5) is 0 Å². The minimum absolute atomic E-state index is 0.135. The number of aromatic nitrogens is 3. The highest BCUT2D eigenvalue weighted by Gasteiger charge is 2.33. The van der Waals surface area contributed by atoms with Gasteiger partial charge in [0.05, 0.1) is 41.1 Å². The lowest BCUT2D eigenvalue weighted by atomic mass is 9.94. The third kappa shape index (κ3) is 3.21. The van der Waals surface area contributed by atoms with Gasteiger partial charge >= 0.3 is 0 Å². The van der Waals surface area contributed by atoms with Gasteiger partial charge < -0.3 is 14.6 Å². The molecule has 8 heteroatoms. The maximum Gasteiger partial charge on any atom is 0.292 e. The molecular formula is C21H18Cl2N4O2. The Kier molecular flexibility index (Phi) is 5.12. The zero-order chi connectivity index (χ0) is 20.7. The van der Waals surface area contributed by atoms with Crippen molar-refractivity contribution in [2.24, 2.45) is 0 Å². The fourth-order valence-electron chi connectivity index (χ4n) is 3.80. The summed E-state index contributed by atoms with van der Waals surface area (Å²) in [4.78, 5) is 26.5. The second-order valence-corrected chi connectivity index (χ2v) is 7.52. The molecule has 0 aliphatic carbocycles. The molecule has 0 saturated carbocycles. The van der Waals surface area contributed by atoms with Crippen LogP contribution in [0.3, 0.4) is 0 Å². The number of carbonyl (C=O) groups excluding carboxylic acids is 1. The Morgan fingerprint density at radius 2 is 2.07 bits per heavy atom. The Morgan fingerprint density at radius 3 is 2.72 bits per heavy atom. The summed E-state index contributed by atoms with van der Waals surface area (Å²) < 4.78 is 5.07. The van der Waals surface area contributed by atoms with Crippen LogP contribution >= 0.6 is 23.2 Å². The highest BCUT2D eigenvalue weighted by molar-refractivity contribution is 6.45. The van der Waals surface area contributed by atoms with Crippen molar-refractivity contribution < 1.29 is 9.53 Å². The second kappa shape index (κ2) is 7.58. The third-order valence-electron chi connectivity index (χ3n) is 5.15. The molecule has 2 aromatic heterocycles. The molecule has 0 radical (unpaired) electrons. The first-order valence-corrected chi connectivity index (χ1v) is 9.84. The number of nitrogens with zero attached hydrogens (tertiary/aromatic N) is 3. The lowest BCUT2D eigenvalue weighted by Crippen LogP contribution is -2.39. The second-order valence-electron chi connectivity index (χ2n) is 6.73. The first-order valence-electron chi connectivity index (χ1n) is 9.08. The number of methoxy groups -OCH3 is 1. The minimum atomic E-state index is -0.233. The Hall–Kier alpha value is -2.75. The molecule has 1 aliphatic rings. The molecule has 1 amide bonds. The number of hydrogen-bond acceptors (Lipinski definition) is 4. The Balaban J connectivity index is 1.81. The lowest BCUT2D eigenvalue weighted by Gasteiger charge is -2.33. The predicted octanol–water partition coefficient (Wildman–Crippen LogP) is 4.40. The van der Waals surface area contributed by atoms with E-state index in [0.29, 0.717) is 28.8 Å². The number of ether oxygens (including phenoxy) is 1. The first-order chi connectivity index (χ1) is 14.0. The van der Waals surface area contributed by atoms with E-state index >= 15 is 0 Å². The number of halogens is 2. The van der Waals surface area contributed by atoms with Crippen molar-refractivity contribution in [3.05, 3.63) is 51.2 Å². The van der Waals surface area contributed by atoms with Gasteiger partial charge in [0.25, 0.3) is 5.91 Å². The normalized spacial score (nSPS) is 15.6. The zero-order valence-electron chi connectivity index (χ0n) is 16.1. The van der Waals surface area contributed by atoms with Gasteiger partial charge in [0.15, 0.2) is 5.75 Å². The Morgan fingerprint density at radius 1 is 1.34 bits per heavy atom. The average Bonchev–Trinajstić information content (AvgIpc) is 3.13. The van der Waals surface area contributed by atoms with Gasteiger partial charge in [-0.1, -0.05) is 29.1 Å². The molecule has 1 N–H and O–H groups in total. The monoisotopic (exact) mass is 428 g/mol. The van der Waals surface area contributed by atoms with Crippen molar-refractivity contribution in [2.75, 3.05) is 13.7 Å². The minimum Gasteiger partial charge on any atom is -0.494 e. The largest absolute Gasteiger partial charge is 0.494 e. The van der Waals surface area contributed by atoms with Crippen LogP contribution in [-0.4, -0.2) is 39.4 Å². The smallest absolute Gasteiger partial charge is 0.292 e. The number of hydrogen-bond donors (Lipinski definition) is 1. The van der Waals surface area contributed by atoms with E-state index in [1.165, 1.54) is 19.5 Å². The fourth-order valence-corrected chi connectivity index (χ4v) is 4.20. The van der Waals surface area contributed by atoms with Crippen LogP contribution in [0, 0.1) is 11.8 Å². The number of nitrogens with one attached hydrogen (secondary N) is 1. The maximum atomic E-state index is 13.1. The number of amides is 1. The van der Waals surface area contributed by atoms with Crippen LogP contribution in [0.2, 0.25) is 10.0 Å². The molecule has 3 aromatic rings. The molecule has 3 heterocycles. The molecule has 0 unspecified atom stereocenters. The van der Waals surface area contributed by atoms with Gasteiger partial charge in [-0.2, -0.15) is 0 Å². The van der Waals surface area contributed by atoms with Gasteiger partial charge in [-0.15, -0.1) is 5.92 Å². The van der Waals surface area contributed by atoms with E-state index < -0.39 is 0 Å². The van der Waals surface area contributed by atoms with E-state index in [0.717, 1.165) is 27.7 Å². The fraction of sp³-hybridized carbons (Fsp3) is 0.286. The highest BCUT2D eigenvalue weighted by Crippen LogP contribution is 2.42. The first kappa shape index (κ1) is 19.6. The van der Waals surface area contributed by atoms with Crippen molar-refractivity contribution >= 4 is 40.0 Å². The Labute approximate surface area is 178 Å². The molecule has 1 aromatic carbocycles. The zero-order valence-corrected chi connectivity index (χ0v) is 17.6. The van der Waals surface area contributed by atoms with Crippen LogP contribution in [0.15, 0.2) is 18.5 Å². The van der Waals surface area contributed by atoms with Crippen LogP contribution in [0.5, 0.6) is 5.75 Å². The summed E-state index contributed by atoms with van der Waals surface area (Å²) >= 11 is 12.8. The molecule has 148 valence electrons. The van der Waals surface area contributed by atoms with E-state index in [-0.39, 0.29) is 17.8 Å². The van der Waals surface area contributed by atoms with Crippen LogP contribution in [0.25, 0.3) is 10.9 Å². The summed E-state index contributed by atoms with van der Waals surface area (Å²) in [6.45, 7) is 4.29. The number of aromatic amines is 1. The van der Waals surface area contributed by atoms with E-state index in [2.05, 4.69) is 26.8 Å². The quantitative estimate of drug-likeness (QED) is 0.613. The van der Waals surface area contributed by atoms with Crippen molar-refractivity contribution in [1.82, 2.24) is 19.9 Å². The highest BCUT2D eigenvalue weighted by atomic mass is 35.5. The number of fused-ring (bicyclic) bond motifs is 3. The summed E-state index contributed by atoms with van der Waals surface area (Å²) in [6, 6.07) is 1.57. The lowest BCUT2D eigenvalue weighted by molar-refractivity contribution is 0.0665. The van der Waals surface area contributed by atoms with E-state index in [4.69, 9.17) is 27.9 Å². The number of carbonyl (C=O) groups is 1. The predicted molar refractivity (Wildman–Crippen MR) is 113 cm³/mol. The van der Waals surface area contributed by atoms with Gasteiger partial charge in [-0.3, -0.25) is 4.79 Å². The van der Waals surface area contributed by atoms with Gasteiger partial charge in [0, 0.05) is 35.2 Å². The molecule has 4 rings (SSSR count). The molecule has 0 fully saturated rings. The van der Waals surface area contributed by atoms with Gasteiger partial charge in [0.1, 0.15) is 0 Å². The van der Waals surface area contributed by atoms with Crippen LogP contribution < -0.4 is 4.74 Å². The summed E-state index contributed by atoms with van der Waals surface area (Å²) in [7, 11) is 1.53. The molecule has 1 aliphatic heterocycles. The molecular weight excluding hydrogens is 411 g/mol. The molecule has 0 spiro atoms. The Bertz CT molecular complexity index is 1180. The molecule has 0 bridgehead atoms. The molecule has 6 nitrogen and oxygen atoms in total. The van der Waals surface area contributed by atoms with Crippen molar-refractivity contribution in [1.29, 1.82) is 0 Å². The van der Waals surface area contributed by atoms with E-state index in [1.54, 1.807) is 17.9 Å². The van der Waals surface area contributed by atoms with Crippen molar-refractivity contribution in [3.8, 4) is 17.6 Å². The van der Waals surface area contributed by atoms with Crippen molar-refractivity contribution in [2.45, 2.75) is 26.3 Å². The van der Waals surface area contributed by atoms with Crippen LogP contribution in [-0.2, 0) is 6.42 Å².